The van der Waals surface area contributed by atoms with Crippen LogP contribution in [0.1, 0.15) is 23.0 Å². The fourth-order valence-electron chi connectivity index (χ4n) is 1.77. The number of aliphatic hydroxyl groups is 1. The monoisotopic (exact) mass is 254 g/mol. The van der Waals surface area contributed by atoms with Gasteiger partial charge in [0.15, 0.2) is 0 Å². The largest absolute Gasteiger partial charge is 0.394 e. The number of anilines is 1. The number of aryl methyl sites for hydroxylation is 1. The first kappa shape index (κ1) is 13.0. The van der Waals surface area contributed by atoms with Crippen LogP contribution in [0.15, 0.2) is 36.4 Å². The molecule has 96 valence electrons. The Morgan fingerprint density at radius 2 is 2.05 bits per heavy atom. The van der Waals surface area contributed by atoms with Crippen LogP contribution in [0.25, 0.3) is 0 Å². The summed E-state index contributed by atoms with van der Waals surface area (Å²) in [6, 6.07) is 12.8. The molecule has 0 fully saturated rings. The predicted octanol–water partition coefficient (Wildman–Crippen LogP) is 1.80. The second kappa shape index (κ2) is 5.94. The summed E-state index contributed by atoms with van der Waals surface area (Å²) >= 11 is 0. The van der Waals surface area contributed by atoms with Gasteiger partial charge in [0, 0.05) is 5.69 Å². The lowest BCUT2D eigenvalue weighted by molar-refractivity contribution is 0.276. The molecule has 2 aromatic rings. The highest BCUT2D eigenvalue weighted by molar-refractivity contribution is 5.36. The van der Waals surface area contributed by atoms with E-state index >= 15 is 0 Å². The molecule has 0 spiro atoms. The van der Waals surface area contributed by atoms with Crippen LogP contribution in [-0.4, -0.2) is 21.7 Å². The summed E-state index contributed by atoms with van der Waals surface area (Å²) in [5.74, 6) is 0.347. The highest BCUT2D eigenvalue weighted by Gasteiger charge is 2.12. The topological polar surface area (TPSA) is 81.8 Å². The lowest BCUT2D eigenvalue weighted by atomic mass is 10.1. The zero-order valence-corrected chi connectivity index (χ0v) is 10.5. The number of rotatable bonds is 4. The van der Waals surface area contributed by atoms with Gasteiger partial charge >= 0.3 is 0 Å². The van der Waals surface area contributed by atoms with Crippen molar-refractivity contribution >= 4 is 5.95 Å². The molecule has 5 heteroatoms. The van der Waals surface area contributed by atoms with E-state index in [1.54, 1.807) is 13.0 Å². The maximum atomic E-state index is 9.45. The van der Waals surface area contributed by atoms with Gasteiger partial charge < -0.3 is 10.4 Å². The minimum absolute atomic E-state index is 0.0802. The van der Waals surface area contributed by atoms with Crippen LogP contribution in [0.5, 0.6) is 0 Å². The maximum absolute atomic E-state index is 9.45. The number of aromatic nitrogens is 2. The Labute approximate surface area is 111 Å². The number of hydrogen-bond acceptors (Lipinski definition) is 5. The molecule has 19 heavy (non-hydrogen) atoms. The quantitative estimate of drug-likeness (QED) is 0.869. The highest BCUT2D eigenvalue weighted by Crippen LogP contribution is 2.17. The second-order valence-electron chi connectivity index (χ2n) is 4.12. The molecule has 0 aliphatic carbocycles. The van der Waals surface area contributed by atoms with E-state index in [1.807, 2.05) is 36.4 Å². The summed E-state index contributed by atoms with van der Waals surface area (Å²) in [5.41, 5.74) is 1.95. The molecule has 1 unspecified atom stereocenters. The van der Waals surface area contributed by atoms with Crippen molar-refractivity contribution in [2.24, 2.45) is 0 Å². The zero-order valence-electron chi connectivity index (χ0n) is 10.5. The van der Waals surface area contributed by atoms with Crippen LogP contribution in [0, 0.1) is 18.3 Å². The smallest absolute Gasteiger partial charge is 0.224 e. The first-order chi connectivity index (χ1) is 9.22. The average molecular weight is 254 g/mol. The standard InChI is InChI=1S/C14H14N4O/c1-10-7-12(8-15)17-14(16-10)18-13(9-19)11-5-3-2-4-6-11/h2-7,13,19H,9H2,1H3,(H,16,17,18). The van der Waals surface area contributed by atoms with Crippen molar-refractivity contribution in [2.75, 3.05) is 11.9 Å². The van der Waals surface area contributed by atoms with Gasteiger partial charge in [-0.25, -0.2) is 9.97 Å². The number of nitriles is 1. The Kier molecular flexibility index (Phi) is 4.06. The molecule has 2 rings (SSSR count). The van der Waals surface area contributed by atoms with Crippen LogP contribution in [0.2, 0.25) is 0 Å². The average Bonchev–Trinajstić information content (AvgIpc) is 2.45. The second-order valence-corrected chi connectivity index (χ2v) is 4.12. The van der Waals surface area contributed by atoms with E-state index in [1.165, 1.54) is 0 Å². The molecule has 0 radical (unpaired) electrons. The van der Waals surface area contributed by atoms with Gasteiger partial charge in [-0.05, 0) is 18.6 Å². The van der Waals surface area contributed by atoms with Gasteiger partial charge in [-0.15, -0.1) is 0 Å². The Bertz CT molecular complexity index is 592. The molecule has 1 heterocycles. The molecule has 0 aliphatic heterocycles. The Balaban J connectivity index is 2.24. The molecule has 0 saturated carbocycles. The van der Waals surface area contributed by atoms with Crippen molar-refractivity contribution in [2.45, 2.75) is 13.0 Å². The van der Waals surface area contributed by atoms with E-state index in [4.69, 9.17) is 5.26 Å². The van der Waals surface area contributed by atoms with Crippen LogP contribution >= 0.6 is 0 Å². The van der Waals surface area contributed by atoms with E-state index in [2.05, 4.69) is 15.3 Å². The fraction of sp³-hybridized carbons (Fsp3) is 0.214. The van der Waals surface area contributed by atoms with E-state index in [0.717, 1.165) is 5.56 Å². The molecule has 1 atom stereocenters. The molecular weight excluding hydrogens is 240 g/mol. The van der Waals surface area contributed by atoms with Gasteiger partial charge in [0.05, 0.1) is 12.6 Å². The maximum Gasteiger partial charge on any atom is 0.224 e. The number of hydrogen-bond donors (Lipinski definition) is 2. The number of benzene rings is 1. The third-order valence-electron chi connectivity index (χ3n) is 2.66. The van der Waals surface area contributed by atoms with Crippen molar-refractivity contribution in [3.05, 3.63) is 53.3 Å². The number of nitrogens with zero attached hydrogens (tertiary/aromatic N) is 3. The van der Waals surface area contributed by atoms with Crippen molar-refractivity contribution < 1.29 is 5.11 Å². The lowest BCUT2D eigenvalue weighted by Crippen LogP contribution is -2.17. The van der Waals surface area contributed by atoms with E-state index in [-0.39, 0.29) is 12.6 Å². The van der Waals surface area contributed by atoms with Gasteiger partial charge in [-0.3, -0.25) is 0 Å². The SMILES string of the molecule is Cc1cc(C#N)nc(NC(CO)c2ccccc2)n1. The lowest BCUT2D eigenvalue weighted by Gasteiger charge is -2.16. The molecule has 0 aliphatic rings. The van der Waals surface area contributed by atoms with Crippen LogP contribution in [0.3, 0.4) is 0 Å². The van der Waals surface area contributed by atoms with Crippen molar-refractivity contribution in [3.63, 3.8) is 0 Å². The first-order valence-corrected chi connectivity index (χ1v) is 5.91. The van der Waals surface area contributed by atoms with Crippen molar-refractivity contribution in [1.29, 1.82) is 5.26 Å². The van der Waals surface area contributed by atoms with Crippen molar-refractivity contribution in [3.8, 4) is 6.07 Å². The molecule has 1 aromatic heterocycles. The van der Waals surface area contributed by atoms with Gasteiger partial charge in [0.1, 0.15) is 11.8 Å². The molecule has 1 aromatic carbocycles. The Morgan fingerprint density at radius 3 is 2.68 bits per heavy atom. The van der Waals surface area contributed by atoms with Crippen LogP contribution in [0.4, 0.5) is 5.95 Å². The molecule has 2 N–H and O–H groups in total. The molecule has 0 bridgehead atoms. The molecule has 0 saturated heterocycles. The van der Waals surface area contributed by atoms with Gasteiger partial charge in [-0.2, -0.15) is 5.26 Å². The summed E-state index contributed by atoms with van der Waals surface area (Å²) in [6.45, 7) is 1.72. The fourth-order valence-corrected chi connectivity index (χ4v) is 1.77. The Morgan fingerprint density at radius 1 is 1.32 bits per heavy atom. The van der Waals surface area contributed by atoms with Gasteiger partial charge in [0.2, 0.25) is 5.95 Å². The summed E-state index contributed by atoms with van der Waals surface area (Å²) in [7, 11) is 0. The zero-order chi connectivity index (χ0) is 13.7. The van der Waals surface area contributed by atoms with Gasteiger partial charge in [0.25, 0.3) is 0 Å². The third-order valence-corrected chi connectivity index (χ3v) is 2.66. The highest BCUT2D eigenvalue weighted by atomic mass is 16.3. The third kappa shape index (κ3) is 3.27. The Hall–Kier alpha value is -2.45. The summed E-state index contributed by atoms with van der Waals surface area (Å²) in [6.07, 6.45) is 0. The van der Waals surface area contributed by atoms with Crippen LogP contribution < -0.4 is 5.32 Å². The summed E-state index contributed by atoms with van der Waals surface area (Å²) in [4.78, 5) is 8.28. The van der Waals surface area contributed by atoms with E-state index in [0.29, 0.717) is 17.3 Å². The first-order valence-electron chi connectivity index (χ1n) is 5.91. The van der Waals surface area contributed by atoms with E-state index in [9.17, 15) is 5.11 Å². The van der Waals surface area contributed by atoms with Crippen molar-refractivity contribution in [1.82, 2.24) is 9.97 Å². The summed E-state index contributed by atoms with van der Waals surface area (Å²) in [5, 5.41) is 21.4. The number of aliphatic hydroxyl groups excluding tert-OH is 1. The minimum atomic E-state index is -0.297. The van der Waals surface area contributed by atoms with E-state index < -0.39 is 0 Å². The minimum Gasteiger partial charge on any atom is -0.394 e. The summed E-state index contributed by atoms with van der Waals surface area (Å²) < 4.78 is 0. The molecular formula is C14H14N4O. The molecule has 5 nitrogen and oxygen atoms in total. The van der Waals surface area contributed by atoms with Crippen LogP contribution in [-0.2, 0) is 0 Å². The number of nitrogens with one attached hydrogen (secondary N) is 1. The normalized spacial score (nSPS) is 11.6. The van der Waals surface area contributed by atoms with Gasteiger partial charge in [-0.1, -0.05) is 30.3 Å². The molecule has 0 amide bonds. The predicted molar refractivity (Wildman–Crippen MR) is 71.4 cm³/mol.